The summed E-state index contributed by atoms with van der Waals surface area (Å²) < 4.78 is 2.07. The van der Waals surface area contributed by atoms with Gasteiger partial charge in [-0.05, 0) is 23.2 Å². The molecule has 0 fully saturated rings. The molecular weight excluding hydrogens is 239 g/mol. The summed E-state index contributed by atoms with van der Waals surface area (Å²) in [5, 5.41) is 18.1. The molecule has 0 saturated heterocycles. The van der Waals surface area contributed by atoms with Gasteiger partial charge in [0.1, 0.15) is 0 Å². The Balaban J connectivity index is 1.88. The minimum atomic E-state index is -1.41. The molecule has 19 heavy (non-hydrogen) atoms. The highest BCUT2D eigenvalue weighted by atomic mass is 16.4. The van der Waals surface area contributed by atoms with Gasteiger partial charge in [-0.25, -0.2) is 4.98 Å². The lowest BCUT2D eigenvalue weighted by Gasteiger charge is -2.06. The predicted octanol–water partition coefficient (Wildman–Crippen LogP) is 0.764. The average molecular weight is 252 g/mol. The SMILES string of the molecule is OB(O)c1ccc(Cn2cnc3ccccc32)cc1. The number of hydrogen-bond acceptors (Lipinski definition) is 3. The van der Waals surface area contributed by atoms with Crippen molar-refractivity contribution in [2.24, 2.45) is 0 Å². The molecule has 1 heterocycles. The summed E-state index contributed by atoms with van der Waals surface area (Å²) >= 11 is 0. The summed E-state index contributed by atoms with van der Waals surface area (Å²) in [6.45, 7) is 0.711. The Bertz CT molecular complexity index is 692. The second-order valence-electron chi connectivity index (χ2n) is 4.48. The zero-order valence-electron chi connectivity index (χ0n) is 10.3. The van der Waals surface area contributed by atoms with Crippen molar-refractivity contribution in [1.82, 2.24) is 9.55 Å². The van der Waals surface area contributed by atoms with Gasteiger partial charge in [-0.15, -0.1) is 0 Å². The molecule has 5 heteroatoms. The maximum atomic E-state index is 9.05. The molecule has 0 unspecified atom stereocenters. The van der Waals surface area contributed by atoms with Gasteiger partial charge in [0.05, 0.1) is 17.4 Å². The molecular formula is C14H13BN2O2. The van der Waals surface area contributed by atoms with E-state index in [1.54, 1.807) is 12.1 Å². The Morgan fingerprint density at radius 3 is 2.47 bits per heavy atom. The van der Waals surface area contributed by atoms with E-state index in [0.29, 0.717) is 12.0 Å². The standard InChI is InChI=1S/C14H13BN2O2/c18-15(19)12-7-5-11(6-8-12)9-17-10-16-13-3-1-2-4-14(13)17/h1-8,10,18-19H,9H2. The van der Waals surface area contributed by atoms with E-state index in [1.165, 1.54) is 0 Å². The summed E-state index contributed by atoms with van der Waals surface area (Å²) in [4.78, 5) is 4.34. The van der Waals surface area contributed by atoms with Crippen molar-refractivity contribution >= 4 is 23.6 Å². The van der Waals surface area contributed by atoms with Crippen LogP contribution in [0.15, 0.2) is 54.9 Å². The number of imidazole rings is 1. The van der Waals surface area contributed by atoms with Gasteiger partial charge in [0.25, 0.3) is 0 Å². The van der Waals surface area contributed by atoms with Crippen molar-refractivity contribution in [2.75, 3.05) is 0 Å². The first-order chi connectivity index (χ1) is 9.24. The van der Waals surface area contributed by atoms with E-state index >= 15 is 0 Å². The largest absolute Gasteiger partial charge is 0.488 e. The molecule has 0 aliphatic heterocycles. The van der Waals surface area contributed by atoms with Crippen molar-refractivity contribution in [3.05, 3.63) is 60.4 Å². The fraction of sp³-hybridized carbons (Fsp3) is 0.0714. The van der Waals surface area contributed by atoms with Crippen molar-refractivity contribution in [3.63, 3.8) is 0 Å². The summed E-state index contributed by atoms with van der Waals surface area (Å²) in [7, 11) is -1.41. The van der Waals surface area contributed by atoms with E-state index in [-0.39, 0.29) is 0 Å². The molecule has 0 bridgehead atoms. The molecule has 1 aromatic heterocycles. The third-order valence-corrected chi connectivity index (χ3v) is 3.16. The summed E-state index contributed by atoms with van der Waals surface area (Å²) in [5.74, 6) is 0. The number of rotatable bonds is 3. The maximum absolute atomic E-state index is 9.05. The third-order valence-electron chi connectivity index (χ3n) is 3.16. The van der Waals surface area contributed by atoms with Crippen molar-refractivity contribution in [2.45, 2.75) is 6.54 Å². The first kappa shape index (κ1) is 12.0. The summed E-state index contributed by atoms with van der Waals surface area (Å²) in [6.07, 6.45) is 1.82. The second kappa shape index (κ2) is 4.88. The molecule has 0 saturated carbocycles. The second-order valence-corrected chi connectivity index (χ2v) is 4.48. The highest BCUT2D eigenvalue weighted by Crippen LogP contribution is 2.13. The van der Waals surface area contributed by atoms with Crippen LogP contribution < -0.4 is 5.46 Å². The Labute approximate surface area is 111 Å². The van der Waals surface area contributed by atoms with Crippen LogP contribution in [0.2, 0.25) is 0 Å². The van der Waals surface area contributed by atoms with Gasteiger partial charge in [0.15, 0.2) is 0 Å². The number of aromatic nitrogens is 2. The van der Waals surface area contributed by atoms with Crippen LogP contribution in [0, 0.1) is 0 Å². The molecule has 4 nitrogen and oxygen atoms in total. The van der Waals surface area contributed by atoms with Crippen molar-refractivity contribution < 1.29 is 10.0 Å². The Kier molecular flexibility index (Phi) is 3.07. The van der Waals surface area contributed by atoms with E-state index in [1.807, 2.05) is 42.7 Å². The van der Waals surface area contributed by atoms with Crippen LogP contribution in [-0.2, 0) is 6.54 Å². The normalized spacial score (nSPS) is 10.8. The molecule has 0 atom stereocenters. The van der Waals surface area contributed by atoms with Crippen LogP contribution in [-0.4, -0.2) is 26.7 Å². The zero-order valence-corrected chi connectivity index (χ0v) is 10.3. The number of hydrogen-bond donors (Lipinski definition) is 2. The van der Waals surface area contributed by atoms with Crippen LogP contribution >= 0.6 is 0 Å². The van der Waals surface area contributed by atoms with Gasteiger partial charge in [0.2, 0.25) is 0 Å². The first-order valence-corrected chi connectivity index (χ1v) is 6.09. The van der Waals surface area contributed by atoms with Crippen LogP contribution in [0.1, 0.15) is 5.56 Å². The quantitative estimate of drug-likeness (QED) is 0.677. The predicted molar refractivity (Wildman–Crippen MR) is 75.1 cm³/mol. The van der Waals surface area contributed by atoms with Gasteiger partial charge in [-0.1, -0.05) is 36.4 Å². The fourth-order valence-corrected chi connectivity index (χ4v) is 2.13. The van der Waals surface area contributed by atoms with Crippen LogP contribution in [0.25, 0.3) is 11.0 Å². The number of benzene rings is 2. The molecule has 2 aromatic carbocycles. The summed E-state index contributed by atoms with van der Waals surface area (Å²) in [6, 6.07) is 15.2. The lowest BCUT2D eigenvalue weighted by atomic mass is 9.80. The van der Waals surface area contributed by atoms with E-state index < -0.39 is 7.12 Å². The highest BCUT2D eigenvalue weighted by molar-refractivity contribution is 6.58. The van der Waals surface area contributed by atoms with Crippen LogP contribution in [0.3, 0.4) is 0 Å². The molecule has 2 N–H and O–H groups in total. The molecule has 3 aromatic rings. The molecule has 0 amide bonds. The molecule has 0 radical (unpaired) electrons. The van der Waals surface area contributed by atoms with E-state index in [0.717, 1.165) is 16.6 Å². The monoisotopic (exact) mass is 252 g/mol. The molecule has 3 rings (SSSR count). The number of para-hydroxylation sites is 2. The minimum Gasteiger partial charge on any atom is -0.423 e. The fourth-order valence-electron chi connectivity index (χ4n) is 2.13. The van der Waals surface area contributed by atoms with Crippen LogP contribution in [0.5, 0.6) is 0 Å². The van der Waals surface area contributed by atoms with Gasteiger partial charge in [-0.3, -0.25) is 0 Å². The average Bonchev–Trinajstić information content (AvgIpc) is 2.83. The van der Waals surface area contributed by atoms with Crippen molar-refractivity contribution in [1.29, 1.82) is 0 Å². The Morgan fingerprint density at radius 2 is 1.74 bits per heavy atom. The number of fused-ring (bicyclic) bond motifs is 1. The lowest BCUT2D eigenvalue weighted by Crippen LogP contribution is -2.29. The Hall–Kier alpha value is -2.11. The van der Waals surface area contributed by atoms with Crippen LogP contribution in [0.4, 0.5) is 0 Å². The molecule has 0 aliphatic rings. The van der Waals surface area contributed by atoms with Crippen molar-refractivity contribution in [3.8, 4) is 0 Å². The van der Waals surface area contributed by atoms with E-state index in [9.17, 15) is 0 Å². The van der Waals surface area contributed by atoms with Gasteiger partial charge in [-0.2, -0.15) is 0 Å². The van der Waals surface area contributed by atoms with E-state index in [2.05, 4.69) is 9.55 Å². The van der Waals surface area contributed by atoms with Gasteiger partial charge < -0.3 is 14.6 Å². The van der Waals surface area contributed by atoms with Gasteiger partial charge in [0, 0.05) is 6.54 Å². The maximum Gasteiger partial charge on any atom is 0.488 e. The molecule has 0 aliphatic carbocycles. The third kappa shape index (κ3) is 2.38. The highest BCUT2D eigenvalue weighted by Gasteiger charge is 2.10. The first-order valence-electron chi connectivity index (χ1n) is 6.09. The molecule has 0 spiro atoms. The topological polar surface area (TPSA) is 58.3 Å². The Morgan fingerprint density at radius 1 is 1.00 bits per heavy atom. The molecule has 94 valence electrons. The lowest BCUT2D eigenvalue weighted by molar-refractivity contribution is 0.426. The zero-order chi connectivity index (χ0) is 13.2. The van der Waals surface area contributed by atoms with Gasteiger partial charge >= 0.3 is 7.12 Å². The smallest absolute Gasteiger partial charge is 0.423 e. The van der Waals surface area contributed by atoms with E-state index in [4.69, 9.17) is 10.0 Å². The summed E-state index contributed by atoms with van der Waals surface area (Å²) in [5.41, 5.74) is 3.66. The number of nitrogens with zero attached hydrogens (tertiary/aromatic N) is 2. The minimum absolute atomic E-state index is 0.499.